The zero-order chi connectivity index (χ0) is 9.80. The molecule has 2 rings (SSSR count). The van der Waals surface area contributed by atoms with E-state index >= 15 is 0 Å². The Balaban J connectivity index is 1.79. The van der Waals surface area contributed by atoms with Gasteiger partial charge < -0.3 is 9.88 Å². The molecule has 2 nitrogen and oxygen atoms in total. The van der Waals surface area contributed by atoms with Crippen molar-refractivity contribution < 1.29 is 0 Å². The maximum Gasteiger partial charge on any atom is 0.0361 e. The maximum atomic E-state index is 3.62. The molecule has 0 radical (unpaired) electrons. The molecule has 1 aliphatic rings. The van der Waals surface area contributed by atoms with E-state index in [-0.39, 0.29) is 0 Å². The standard InChI is InChI=1S/C11H18N2S/c1-13-6-2-5-11(13)8-12-10-4-3-7-14-9-10/h2,5-6,10,12H,3-4,7-9H2,1H3. The first-order valence-electron chi connectivity index (χ1n) is 5.27. The first-order chi connectivity index (χ1) is 6.86. The molecule has 1 N–H and O–H groups in total. The molecule has 0 saturated carbocycles. The van der Waals surface area contributed by atoms with Gasteiger partial charge >= 0.3 is 0 Å². The van der Waals surface area contributed by atoms with E-state index in [0.717, 1.165) is 12.6 Å². The molecule has 0 bridgehead atoms. The van der Waals surface area contributed by atoms with Gasteiger partial charge in [-0.15, -0.1) is 0 Å². The van der Waals surface area contributed by atoms with Gasteiger partial charge in [0.05, 0.1) is 0 Å². The van der Waals surface area contributed by atoms with Gasteiger partial charge in [0, 0.05) is 37.3 Å². The molecule has 2 heterocycles. The number of rotatable bonds is 3. The fraction of sp³-hybridized carbons (Fsp3) is 0.636. The molecule has 3 heteroatoms. The second-order valence-electron chi connectivity index (χ2n) is 3.91. The predicted octanol–water partition coefficient (Wildman–Crippen LogP) is 2.01. The average Bonchev–Trinajstić information content (AvgIpc) is 2.63. The van der Waals surface area contributed by atoms with Crippen LogP contribution in [0.1, 0.15) is 18.5 Å². The van der Waals surface area contributed by atoms with E-state index < -0.39 is 0 Å². The molecule has 1 aromatic heterocycles. The molecule has 0 aromatic carbocycles. The lowest BCUT2D eigenvalue weighted by Crippen LogP contribution is -2.33. The minimum Gasteiger partial charge on any atom is -0.353 e. The van der Waals surface area contributed by atoms with Crippen molar-refractivity contribution in [1.82, 2.24) is 9.88 Å². The van der Waals surface area contributed by atoms with E-state index in [1.807, 2.05) is 0 Å². The van der Waals surface area contributed by atoms with Crippen molar-refractivity contribution in [3.05, 3.63) is 24.0 Å². The topological polar surface area (TPSA) is 17.0 Å². The Bertz CT molecular complexity index is 277. The summed E-state index contributed by atoms with van der Waals surface area (Å²) in [5.74, 6) is 2.63. The average molecular weight is 210 g/mol. The fourth-order valence-electron chi connectivity index (χ4n) is 1.83. The number of hydrogen-bond donors (Lipinski definition) is 1. The Labute approximate surface area is 90.1 Å². The highest BCUT2D eigenvalue weighted by atomic mass is 32.2. The van der Waals surface area contributed by atoms with Gasteiger partial charge in [-0.2, -0.15) is 11.8 Å². The van der Waals surface area contributed by atoms with Gasteiger partial charge in [0.1, 0.15) is 0 Å². The summed E-state index contributed by atoms with van der Waals surface area (Å²) in [6.07, 6.45) is 4.82. The van der Waals surface area contributed by atoms with Gasteiger partial charge in [0.2, 0.25) is 0 Å². The van der Waals surface area contributed by atoms with Crippen LogP contribution in [0.15, 0.2) is 18.3 Å². The molecule has 1 aliphatic heterocycles. The quantitative estimate of drug-likeness (QED) is 0.822. The van der Waals surface area contributed by atoms with E-state index in [9.17, 15) is 0 Å². The number of aryl methyl sites for hydroxylation is 1. The summed E-state index contributed by atoms with van der Waals surface area (Å²) in [5.41, 5.74) is 1.38. The maximum absolute atomic E-state index is 3.62. The van der Waals surface area contributed by atoms with Gasteiger partial charge in [-0.25, -0.2) is 0 Å². The third kappa shape index (κ3) is 2.55. The summed E-state index contributed by atoms with van der Waals surface area (Å²) < 4.78 is 2.18. The number of nitrogens with zero attached hydrogens (tertiary/aromatic N) is 1. The molecular formula is C11H18N2S. The molecule has 1 fully saturated rings. The summed E-state index contributed by atoms with van der Waals surface area (Å²) in [7, 11) is 2.10. The van der Waals surface area contributed by atoms with Gasteiger partial charge in [-0.05, 0) is 30.7 Å². The van der Waals surface area contributed by atoms with Crippen molar-refractivity contribution in [2.45, 2.75) is 25.4 Å². The predicted molar refractivity (Wildman–Crippen MR) is 62.6 cm³/mol. The molecule has 1 unspecified atom stereocenters. The van der Waals surface area contributed by atoms with E-state index in [2.05, 4.69) is 47.0 Å². The second kappa shape index (κ2) is 4.89. The molecule has 0 amide bonds. The highest BCUT2D eigenvalue weighted by molar-refractivity contribution is 7.99. The van der Waals surface area contributed by atoms with Crippen molar-refractivity contribution in [2.75, 3.05) is 11.5 Å². The van der Waals surface area contributed by atoms with Crippen LogP contribution in [0.4, 0.5) is 0 Å². The van der Waals surface area contributed by atoms with Gasteiger partial charge in [-0.3, -0.25) is 0 Å². The minimum absolute atomic E-state index is 0.726. The lowest BCUT2D eigenvalue weighted by Gasteiger charge is -2.22. The monoisotopic (exact) mass is 210 g/mol. The summed E-state index contributed by atoms with van der Waals surface area (Å²) in [6, 6.07) is 5.01. The Morgan fingerprint density at radius 2 is 2.57 bits per heavy atom. The summed E-state index contributed by atoms with van der Waals surface area (Å²) >= 11 is 2.08. The number of hydrogen-bond acceptors (Lipinski definition) is 2. The van der Waals surface area contributed by atoms with Crippen molar-refractivity contribution in [3.63, 3.8) is 0 Å². The highest BCUT2D eigenvalue weighted by Gasteiger charge is 2.12. The first kappa shape index (κ1) is 10.1. The van der Waals surface area contributed by atoms with Crippen LogP contribution in [0.5, 0.6) is 0 Å². The zero-order valence-corrected chi connectivity index (χ0v) is 9.52. The van der Waals surface area contributed by atoms with Crippen LogP contribution in [-0.4, -0.2) is 22.1 Å². The summed E-state index contributed by atoms with van der Waals surface area (Å²) in [5, 5.41) is 3.62. The van der Waals surface area contributed by atoms with Crippen LogP contribution in [0.25, 0.3) is 0 Å². The second-order valence-corrected chi connectivity index (χ2v) is 5.06. The molecule has 78 valence electrons. The summed E-state index contributed by atoms with van der Waals surface area (Å²) in [6.45, 7) is 1.01. The third-order valence-corrected chi connectivity index (χ3v) is 4.00. The highest BCUT2D eigenvalue weighted by Crippen LogP contribution is 2.17. The van der Waals surface area contributed by atoms with Crippen molar-refractivity contribution >= 4 is 11.8 Å². The fourth-order valence-corrected chi connectivity index (χ4v) is 2.94. The number of aromatic nitrogens is 1. The molecule has 1 aromatic rings. The number of nitrogens with one attached hydrogen (secondary N) is 1. The smallest absolute Gasteiger partial charge is 0.0361 e. The summed E-state index contributed by atoms with van der Waals surface area (Å²) in [4.78, 5) is 0. The van der Waals surface area contributed by atoms with Crippen LogP contribution in [-0.2, 0) is 13.6 Å². The Morgan fingerprint density at radius 3 is 3.21 bits per heavy atom. The molecular weight excluding hydrogens is 192 g/mol. The normalized spacial score (nSPS) is 22.5. The van der Waals surface area contributed by atoms with E-state index in [1.165, 1.54) is 30.0 Å². The Kier molecular flexibility index (Phi) is 3.54. The van der Waals surface area contributed by atoms with Crippen molar-refractivity contribution in [3.8, 4) is 0 Å². The molecule has 14 heavy (non-hydrogen) atoms. The Hall–Kier alpha value is -0.410. The van der Waals surface area contributed by atoms with Gasteiger partial charge in [-0.1, -0.05) is 0 Å². The lowest BCUT2D eigenvalue weighted by molar-refractivity contribution is 0.499. The van der Waals surface area contributed by atoms with Crippen LogP contribution in [0.2, 0.25) is 0 Å². The van der Waals surface area contributed by atoms with Crippen molar-refractivity contribution in [2.24, 2.45) is 7.05 Å². The van der Waals surface area contributed by atoms with E-state index in [4.69, 9.17) is 0 Å². The lowest BCUT2D eigenvalue weighted by atomic mass is 10.2. The van der Waals surface area contributed by atoms with Crippen LogP contribution >= 0.6 is 11.8 Å². The van der Waals surface area contributed by atoms with Crippen LogP contribution in [0, 0.1) is 0 Å². The van der Waals surface area contributed by atoms with E-state index in [0.29, 0.717) is 0 Å². The minimum atomic E-state index is 0.726. The SMILES string of the molecule is Cn1cccc1CNC1CCCSC1. The number of thioether (sulfide) groups is 1. The van der Waals surface area contributed by atoms with Gasteiger partial charge in [0.25, 0.3) is 0 Å². The van der Waals surface area contributed by atoms with Crippen LogP contribution < -0.4 is 5.32 Å². The molecule has 1 saturated heterocycles. The zero-order valence-electron chi connectivity index (χ0n) is 8.70. The molecule has 0 aliphatic carbocycles. The first-order valence-corrected chi connectivity index (χ1v) is 6.43. The molecule has 0 spiro atoms. The Morgan fingerprint density at radius 1 is 1.64 bits per heavy atom. The third-order valence-electron chi connectivity index (χ3n) is 2.78. The largest absolute Gasteiger partial charge is 0.353 e. The van der Waals surface area contributed by atoms with Gasteiger partial charge in [0.15, 0.2) is 0 Å². The van der Waals surface area contributed by atoms with Crippen LogP contribution in [0.3, 0.4) is 0 Å². The molecule has 1 atom stereocenters. The van der Waals surface area contributed by atoms with Crippen molar-refractivity contribution in [1.29, 1.82) is 0 Å². The van der Waals surface area contributed by atoms with E-state index in [1.54, 1.807) is 0 Å².